The van der Waals surface area contributed by atoms with Crippen molar-refractivity contribution in [1.82, 2.24) is 5.43 Å². The van der Waals surface area contributed by atoms with Crippen LogP contribution in [0.2, 0.25) is 0 Å². The van der Waals surface area contributed by atoms with Gasteiger partial charge in [-0.3, -0.25) is 11.3 Å². The summed E-state index contributed by atoms with van der Waals surface area (Å²) in [6.45, 7) is 4.58. The van der Waals surface area contributed by atoms with Crippen molar-refractivity contribution in [3.05, 3.63) is 21.4 Å². The average Bonchev–Trinajstić information content (AvgIpc) is 2.86. The van der Waals surface area contributed by atoms with Crippen molar-refractivity contribution in [3.8, 4) is 0 Å². The van der Waals surface area contributed by atoms with Crippen molar-refractivity contribution in [2.24, 2.45) is 11.8 Å². The van der Waals surface area contributed by atoms with Gasteiger partial charge in [0.05, 0.1) is 6.04 Å². The van der Waals surface area contributed by atoms with Crippen LogP contribution >= 0.6 is 11.3 Å². The van der Waals surface area contributed by atoms with E-state index in [4.69, 9.17) is 5.84 Å². The van der Waals surface area contributed by atoms with E-state index in [-0.39, 0.29) is 0 Å². The van der Waals surface area contributed by atoms with Gasteiger partial charge in [-0.25, -0.2) is 0 Å². The zero-order valence-corrected chi connectivity index (χ0v) is 11.8. The molecule has 0 spiro atoms. The summed E-state index contributed by atoms with van der Waals surface area (Å²) in [5.41, 5.74) is 4.58. The molecule has 3 N–H and O–H groups in total. The molecular weight excluding hydrogens is 228 g/mol. The minimum atomic E-state index is 0.354. The summed E-state index contributed by atoms with van der Waals surface area (Å²) in [7, 11) is 0. The van der Waals surface area contributed by atoms with Crippen LogP contribution in [0.25, 0.3) is 0 Å². The highest BCUT2D eigenvalue weighted by Gasteiger charge is 2.20. The van der Waals surface area contributed by atoms with Gasteiger partial charge in [-0.1, -0.05) is 26.7 Å². The standard InChI is InChI=1S/C14H24N2S/c1-3-5-10(2)8-12(16-15)14-9-11-6-4-7-13(11)17-14/h9-10,12,16H,3-8,15H2,1-2H3. The van der Waals surface area contributed by atoms with Gasteiger partial charge in [-0.2, -0.15) is 0 Å². The highest BCUT2D eigenvalue weighted by Crippen LogP contribution is 2.35. The zero-order valence-electron chi connectivity index (χ0n) is 11.0. The van der Waals surface area contributed by atoms with Crippen molar-refractivity contribution in [2.75, 3.05) is 0 Å². The number of nitrogens with two attached hydrogens (primary N) is 1. The van der Waals surface area contributed by atoms with Crippen molar-refractivity contribution in [3.63, 3.8) is 0 Å². The summed E-state index contributed by atoms with van der Waals surface area (Å²) in [5.74, 6) is 6.47. The first-order valence-electron chi connectivity index (χ1n) is 6.82. The number of hydrazine groups is 1. The number of rotatable bonds is 6. The Labute approximate surface area is 109 Å². The normalized spacial score (nSPS) is 18.1. The van der Waals surface area contributed by atoms with E-state index in [9.17, 15) is 0 Å². The molecule has 1 aliphatic rings. The van der Waals surface area contributed by atoms with Gasteiger partial charge in [0, 0.05) is 9.75 Å². The number of aryl methyl sites for hydroxylation is 2. The summed E-state index contributed by atoms with van der Waals surface area (Å²) in [6, 6.07) is 2.74. The fraction of sp³-hybridized carbons (Fsp3) is 0.714. The monoisotopic (exact) mass is 252 g/mol. The first-order chi connectivity index (χ1) is 8.24. The lowest BCUT2D eigenvalue weighted by atomic mass is 9.96. The molecule has 3 heteroatoms. The second kappa shape index (κ2) is 5.98. The molecule has 0 amide bonds. The smallest absolute Gasteiger partial charge is 0.0556 e. The van der Waals surface area contributed by atoms with Gasteiger partial charge < -0.3 is 0 Å². The summed E-state index contributed by atoms with van der Waals surface area (Å²) in [4.78, 5) is 3.04. The van der Waals surface area contributed by atoms with Crippen LogP contribution in [0.5, 0.6) is 0 Å². The highest BCUT2D eigenvalue weighted by molar-refractivity contribution is 7.12. The van der Waals surface area contributed by atoms with E-state index in [0.29, 0.717) is 6.04 Å². The molecule has 1 aliphatic carbocycles. The second-order valence-corrected chi connectivity index (χ2v) is 6.47. The zero-order chi connectivity index (χ0) is 12.3. The molecule has 0 saturated heterocycles. The molecule has 17 heavy (non-hydrogen) atoms. The average molecular weight is 252 g/mol. The van der Waals surface area contributed by atoms with Crippen LogP contribution in [0.1, 0.15) is 60.9 Å². The topological polar surface area (TPSA) is 38.0 Å². The number of hydrogen-bond donors (Lipinski definition) is 2. The predicted octanol–water partition coefficient (Wildman–Crippen LogP) is 3.57. The Kier molecular flexibility index (Phi) is 4.60. The molecule has 0 aromatic carbocycles. The minimum absolute atomic E-state index is 0.354. The van der Waals surface area contributed by atoms with Crippen LogP contribution in [-0.4, -0.2) is 0 Å². The third-order valence-corrected chi connectivity index (χ3v) is 5.08. The van der Waals surface area contributed by atoms with Crippen molar-refractivity contribution in [1.29, 1.82) is 0 Å². The fourth-order valence-electron chi connectivity index (χ4n) is 2.80. The molecule has 1 aromatic heterocycles. The molecule has 1 heterocycles. The maximum absolute atomic E-state index is 5.72. The molecule has 2 unspecified atom stereocenters. The molecule has 0 aliphatic heterocycles. The summed E-state index contributed by atoms with van der Waals surface area (Å²) >= 11 is 1.97. The molecule has 96 valence electrons. The van der Waals surface area contributed by atoms with Crippen molar-refractivity contribution >= 4 is 11.3 Å². The predicted molar refractivity (Wildman–Crippen MR) is 75.1 cm³/mol. The fourth-order valence-corrected chi connectivity index (χ4v) is 4.13. The number of nitrogens with one attached hydrogen (secondary N) is 1. The maximum Gasteiger partial charge on any atom is 0.0556 e. The first kappa shape index (κ1) is 13.1. The molecule has 2 atom stereocenters. The maximum atomic E-state index is 5.72. The first-order valence-corrected chi connectivity index (χ1v) is 7.63. The van der Waals surface area contributed by atoms with E-state index < -0.39 is 0 Å². The van der Waals surface area contributed by atoms with Gasteiger partial charge in [0.25, 0.3) is 0 Å². The van der Waals surface area contributed by atoms with Crippen LogP contribution in [0, 0.1) is 5.92 Å². The van der Waals surface area contributed by atoms with E-state index >= 15 is 0 Å². The SMILES string of the molecule is CCCC(C)CC(NN)c1cc2c(s1)CCC2. The van der Waals surface area contributed by atoms with Crippen LogP contribution in [0.4, 0.5) is 0 Å². The van der Waals surface area contributed by atoms with Crippen LogP contribution in [0.3, 0.4) is 0 Å². The molecular formula is C14H24N2S. The Morgan fingerprint density at radius 3 is 2.94 bits per heavy atom. The third-order valence-electron chi connectivity index (χ3n) is 3.73. The van der Waals surface area contributed by atoms with E-state index in [1.54, 1.807) is 10.4 Å². The van der Waals surface area contributed by atoms with Crippen LogP contribution < -0.4 is 11.3 Å². The lowest BCUT2D eigenvalue weighted by Gasteiger charge is -2.18. The summed E-state index contributed by atoms with van der Waals surface area (Å²) in [5, 5.41) is 0. The quantitative estimate of drug-likeness (QED) is 0.600. The Morgan fingerprint density at radius 1 is 1.47 bits per heavy atom. The van der Waals surface area contributed by atoms with Crippen molar-refractivity contribution in [2.45, 2.75) is 58.4 Å². The Hall–Kier alpha value is -0.380. The largest absolute Gasteiger partial charge is 0.271 e. The molecule has 2 rings (SSSR count). The van der Waals surface area contributed by atoms with Gasteiger partial charge in [0.2, 0.25) is 0 Å². The van der Waals surface area contributed by atoms with E-state index in [2.05, 4.69) is 25.3 Å². The molecule has 0 radical (unpaired) electrons. The molecule has 1 aromatic rings. The molecule has 0 saturated carbocycles. The van der Waals surface area contributed by atoms with Gasteiger partial charge in [-0.15, -0.1) is 11.3 Å². The number of hydrogen-bond acceptors (Lipinski definition) is 3. The Bertz CT molecular complexity index is 338. The van der Waals surface area contributed by atoms with E-state index in [0.717, 1.165) is 12.3 Å². The van der Waals surface area contributed by atoms with Gasteiger partial charge in [-0.05, 0) is 43.2 Å². The lowest BCUT2D eigenvalue weighted by molar-refractivity contribution is 0.398. The van der Waals surface area contributed by atoms with E-state index in [1.807, 2.05) is 11.3 Å². The van der Waals surface area contributed by atoms with Gasteiger partial charge in [0.15, 0.2) is 0 Å². The summed E-state index contributed by atoms with van der Waals surface area (Å²) < 4.78 is 0. The second-order valence-electron chi connectivity index (χ2n) is 5.30. The highest BCUT2D eigenvalue weighted by atomic mass is 32.1. The van der Waals surface area contributed by atoms with Crippen LogP contribution in [-0.2, 0) is 12.8 Å². The minimum Gasteiger partial charge on any atom is -0.271 e. The van der Waals surface area contributed by atoms with E-state index in [1.165, 1.54) is 37.0 Å². The molecule has 0 bridgehead atoms. The lowest BCUT2D eigenvalue weighted by Crippen LogP contribution is -2.28. The molecule has 0 fully saturated rings. The Balaban J connectivity index is 2.01. The summed E-state index contributed by atoms with van der Waals surface area (Å²) in [6.07, 6.45) is 7.61. The molecule has 2 nitrogen and oxygen atoms in total. The third kappa shape index (κ3) is 3.09. The van der Waals surface area contributed by atoms with Gasteiger partial charge in [0.1, 0.15) is 0 Å². The Morgan fingerprint density at radius 2 is 2.29 bits per heavy atom. The number of thiophene rings is 1. The van der Waals surface area contributed by atoms with Crippen LogP contribution in [0.15, 0.2) is 6.07 Å². The number of fused-ring (bicyclic) bond motifs is 1. The van der Waals surface area contributed by atoms with Crippen molar-refractivity contribution < 1.29 is 0 Å². The van der Waals surface area contributed by atoms with Gasteiger partial charge >= 0.3 is 0 Å².